The number of carboxylic acids is 1. The molecule has 3 rings (SSSR count). The Morgan fingerprint density at radius 3 is 2.26 bits per heavy atom. The maximum atomic E-state index is 12.9. The number of nitrogens with one attached hydrogen (secondary N) is 2. The van der Waals surface area contributed by atoms with E-state index < -0.39 is 29.6 Å². The molecular formula is C27H31N3O5. The number of amides is 2. The average Bonchev–Trinajstić information content (AvgIpc) is 3.14. The van der Waals surface area contributed by atoms with Crippen LogP contribution >= 0.6 is 0 Å². The summed E-state index contributed by atoms with van der Waals surface area (Å²) in [4.78, 5) is 36.5. The first-order valence-corrected chi connectivity index (χ1v) is 11.7. The van der Waals surface area contributed by atoms with E-state index in [1.807, 2.05) is 42.5 Å². The minimum absolute atomic E-state index is 0.0911. The summed E-state index contributed by atoms with van der Waals surface area (Å²) in [5, 5.41) is 23.2. The zero-order valence-electron chi connectivity index (χ0n) is 20.0. The SMILES string of the molecule is CC(C)(CCC(=O)O)NC(=O)C(CCCC#N)NC(=O)OCC1c2ccccc2-c2ccccc21. The van der Waals surface area contributed by atoms with Gasteiger partial charge in [-0.05, 0) is 55.4 Å². The molecule has 2 aromatic carbocycles. The lowest BCUT2D eigenvalue weighted by atomic mass is 9.97. The highest BCUT2D eigenvalue weighted by atomic mass is 16.5. The smallest absolute Gasteiger partial charge is 0.407 e. The highest BCUT2D eigenvalue weighted by Gasteiger charge is 2.31. The van der Waals surface area contributed by atoms with Crippen molar-refractivity contribution in [2.24, 2.45) is 0 Å². The molecule has 35 heavy (non-hydrogen) atoms. The number of ether oxygens (including phenoxy) is 1. The fourth-order valence-electron chi connectivity index (χ4n) is 4.34. The van der Waals surface area contributed by atoms with Crippen molar-refractivity contribution in [3.8, 4) is 17.2 Å². The summed E-state index contributed by atoms with van der Waals surface area (Å²) in [6, 6.07) is 17.2. The largest absolute Gasteiger partial charge is 0.481 e. The molecule has 0 bridgehead atoms. The van der Waals surface area contributed by atoms with Crippen LogP contribution in [0.4, 0.5) is 4.79 Å². The molecule has 1 atom stereocenters. The van der Waals surface area contributed by atoms with Gasteiger partial charge in [0.25, 0.3) is 0 Å². The van der Waals surface area contributed by atoms with E-state index in [1.165, 1.54) is 0 Å². The van der Waals surface area contributed by atoms with E-state index in [9.17, 15) is 14.4 Å². The summed E-state index contributed by atoms with van der Waals surface area (Å²) >= 11 is 0. The van der Waals surface area contributed by atoms with Crippen LogP contribution in [0.5, 0.6) is 0 Å². The van der Waals surface area contributed by atoms with Crippen molar-refractivity contribution >= 4 is 18.0 Å². The van der Waals surface area contributed by atoms with Gasteiger partial charge >= 0.3 is 12.1 Å². The van der Waals surface area contributed by atoms with Gasteiger partial charge in [-0.1, -0.05) is 48.5 Å². The average molecular weight is 478 g/mol. The molecule has 1 unspecified atom stereocenters. The second-order valence-electron chi connectivity index (χ2n) is 9.34. The van der Waals surface area contributed by atoms with Crippen molar-refractivity contribution in [1.82, 2.24) is 10.6 Å². The van der Waals surface area contributed by atoms with Crippen molar-refractivity contribution in [1.29, 1.82) is 5.26 Å². The Morgan fingerprint density at radius 2 is 1.69 bits per heavy atom. The van der Waals surface area contributed by atoms with Gasteiger partial charge in [-0.3, -0.25) is 9.59 Å². The molecule has 0 radical (unpaired) electrons. The number of nitriles is 1. The number of carbonyl (C=O) groups excluding carboxylic acids is 2. The van der Waals surface area contributed by atoms with E-state index in [0.717, 1.165) is 22.3 Å². The van der Waals surface area contributed by atoms with Gasteiger partial charge in [-0.15, -0.1) is 0 Å². The van der Waals surface area contributed by atoms with Crippen LogP contribution in [0.2, 0.25) is 0 Å². The first kappa shape index (κ1) is 25.8. The highest BCUT2D eigenvalue weighted by molar-refractivity contribution is 5.86. The number of rotatable bonds is 11. The van der Waals surface area contributed by atoms with Crippen molar-refractivity contribution < 1.29 is 24.2 Å². The summed E-state index contributed by atoms with van der Waals surface area (Å²) in [6.45, 7) is 3.58. The number of unbranched alkanes of at least 4 members (excludes halogenated alkanes) is 1. The fourth-order valence-corrected chi connectivity index (χ4v) is 4.34. The fraction of sp³-hybridized carbons (Fsp3) is 0.407. The highest BCUT2D eigenvalue weighted by Crippen LogP contribution is 2.44. The van der Waals surface area contributed by atoms with Crippen molar-refractivity contribution in [2.45, 2.75) is 63.5 Å². The predicted octanol–water partition coefficient (Wildman–Crippen LogP) is 4.35. The Hall–Kier alpha value is -3.86. The molecule has 0 heterocycles. The summed E-state index contributed by atoms with van der Waals surface area (Å²) in [7, 11) is 0. The quantitative estimate of drug-likeness (QED) is 0.413. The monoisotopic (exact) mass is 477 g/mol. The second kappa shape index (κ2) is 11.5. The molecule has 0 aliphatic heterocycles. The lowest BCUT2D eigenvalue weighted by Gasteiger charge is -2.28. The minimum atomic E-state index is -0.949. The van der Waals surface area contributed by atoms with Crippen molar-refractivity contribution in [3.63, 3.8) is 0 Å². The summed E-state index contributed by atoms with van der Waals surface area (Å²) in [6.07, 6.45) is 0.369. The molecule has 8 heteroatoms. The third kappa shape index (κ3) is 6.82. The number of fused-ring (bicyclic) bond motifs is 3. The van der Waals surface area contributed by atoms with Crippen LogP contribution in [0.15, 0.2) is 48.5 Å². The Kier molecular flexibility index (Phi) is 8.48. The number of carbonyl (C=O) groups is 3. The number of nitrogens with zero attached hydrogens (tertiary/aromatic N) is 1. The molecule has 3 N–H and O–H groups in total. The van der Waals surface area contributed by atoms with Crippen LogP contribution in [0.1, 0.15) is 63.0 Å². The number of alkyl carbamates (subject to hydrolysis) is 1. The summed E-state index contributed by atoms with van der Waals surface area (Å²) in [5.74, 6) is -1.49. The molecule has 2 amide bonds. The number of aliphatic carboxylic acids is 1. The van der Waals surface area contributed by atoms with Gasteiger partial charge in [-0.2, -0.15) is 5.26 Å². The summed E-state index contributed by atoms with van der Waals surface area (Å²) in [5.41, 5.74) is 3.64. The van der Waals surface area contributed by atoms with Crippen LogP contribution < -0.4 is 10.6 Å². The third-order valence-corrected chi connectivity index (χ3v) is 6.16. The van der Waals surface area contributed by atoms with Crippen LogP contribution in [-0.2, 0) is 14.3 Å². The van der Waals surface area contributed by atoms with Gasteiger partial charge in [0, 0.05) is 24.3 Å². The molecule has 2 aromatic rings. The van der Waals surface area contributed by atoms with E-state index in [1.54, 1.807) is 13.8 Å². The number of benzene rings is 2. The van der Waals surface area contributed by atoms with Gasteiger partial charge in [0.05, 0.1) is 6.07 Å². The number of carboxylic acid groups (broad SMARTS) is 1. The molecule has 0 aromatic heterocycles. The van der Waals surface area contributed by atoms with Gasteiger partial charge < -0.3 is 20.5 Å². The Balaban J connectivity index is 1.64. The minimum Gasteiger partial charge on any atom is -0.481 e. The standard InChI is InChI=1S/C27H31N3O5/c1-27(2,15-14-24(31)32)30-25(33)23(13-7-8-16-28)29-26(34)35-17-22-20-11-5-3-9-18(20)19-10-4-6-12-21(19)22/h3-6,9-12,22-23H,7-8,13-15,17H2,1-2H3,(H,29,34)(H,30,33)(H,31,32). The van der Waals surface area contributed by atoms with Crippen LogP contribution in [0, 0.1) is 11.3 Å². The number of hydrogen-bond donors (Lipinski definition) is 3. The van der Waals surface area contributed by atoms with E-state index in [0.29, 0.717) is 6.42 Å². The molecule has 0 spiro atoms. The van der Waals surface area contributed by atoms with Gasteiger partial charge in [0.15, 0.2) is 0 Å². The zero-order chi connectivity index (χ0) is 25.4. The Labute approximate surface area is 205 Å². The van der Waals surface area contributed by atoms with Crippen molar-refractivity contribution in [3.05, 3.63) is 59.7 Å². The molecule has 1 aliphatic rings. The molecule has 0 saturated heterocycles. The van der Waals surface area contributed by atoms with Gasteiger partial charge in [0.2, 0.25) is 5.91 Å². The predicted molar refractivity (Wildman–Crippen MR) is 131 cm³/mol. The number of hydrogen-bond acceptors (Lipinski definition) is 5. The third-order valence-electron chi connectivity index (χ3n) is 6.16. The summed E-state index contributed by atoms with van der Waals surface area (Å²) < 4.78 is 5.56. The zero-order valence-corrected chi connectivity index (χ0v) is 20.0. The maximum absolute atomic E-state index is 12.9. The van der Waals surface area contributed by atoms with Crippen molar-refractivity contribution in [2.75, 3.05) is 6.61 Å². The molecule has 1 aliphatic carbocycles. The maximum Gasteiger partial charge on any atom is 0.407 e. The second-order valence-corrected chi connectivity index (χ2v) is 9.34. The van der Waals surface area contributed by atoms with Crippen LogP contribution in [-0.4, -0.2) is 41.3 Å². The lowest BCUT2D eigenvalue weighted by molar-refractivity contribution is -0.138. The van der Waals surface area contributed by atoms with E-state index in [4.69, 9.17) is 15.1 Å². The van der Waals surface area contributed by atoms with E-state index in [-0.39, 0.29) is 38.2 Å². The van der Waals surface area contributed by atoms with Gasteiger partial charge in [-0.25, -0.2) is 4.79 Å². The van der Waals surface area contributed by atoms with E-state index >= 15 is 0 Å². The molecule has 0 saturated carbocycles. The van der Waals surface area contributed by atoms with Crippen LogP contribution in [0.25, 0.3) is 11.1 Å². The Bertz CT molecular complexity index is 1080. The molecule has 8 nitrogen and oxygen atoms in total. The normalized spacial score (nSPS) is 13.2. The molecule has 184 valence electrons. The first-order chi connectivity index (χ1) is 16.7. The topological polar surface area (TPSA) is 129 Å². The first-order valence-electron chi connectivity index (χ1n) is 11.7. The Morgan fingerprint density at radius 1 is 1.09 bits per heavy atom. The van der Waals surface area contributed by atoms with Crippen LogP contribution in [0.3, 0.4) is 0 Å². The lowest BCUT2D eigenvalue weighted by Crippen LogP contribution is -2.53. The molecular weight excluding hydrogens is 446 g/mol. The van der Waals surface area contributed by atoms with E-state index in [2.05, 4.69) is 22.8 Å². The van der Waals surface area contributed by atoms with Gasteiger partial charge in [0.1, 0.15) is 12.6 Å². The molecule has 0 fully saturated rings.